The Morgan fingerprint density at radius 3 is 2.41 bits per heavy atom. The molecule has 1 aromatic heterocycles. The molecule has 0 bridgehead atoms. The van der Waals surface area contributed by atoms with E-state index in [-0.39, 0.29) is 10.8 Å². The van der Waals surface area contributed by atoms with Crippen LogP contribution in [0.4, 0.5) is 0 Å². The maximum Gasteiger partial charge on any atom is 0.335 e. The Bertz CT molecular complexity index is 511. The van der Waals surface area contributed by atoms with Gasteiger partial charge in [-0.05, 0) is 29.8 Å². The molecule has 3 nitrogen and oxygen atoms in total. The fourth-order valence-electron chi connectivity index (χ4n) is 1.52. The standard InChI is InChI=1S/C13H11NO2S/c15-13(16)10-6-4-9(5-7-10)12(17)11-3-1-2-8-14-11/h1-8,12,17H,(H,15,16). The summed E-state index contributed by atoms with van der Waals surface area (Å²) in [7, 11) is 0. The fourth-order valence-corrected chi connectivity index (χ4v) is 1.84. The van der Waals surface area contributed by atoms with Gasteiger partial charge in [0.2, 0.25) is 0 Å². The molecular weight excluding hydrogens is 234 g/mol. The number of hydrogen-bond donors (Lipinski definition) is 2. The van der Waals surface area contributed by atoms with Crippen LogP contribution >= 0.6 is 12.6 Å². The predicted molar refractivity (Wildman–Crippen MR) is 68.5 cm³/mol. The third kappa shape index (κ3) is 2.65. The van der Waals surface area contributed by atoms with Crippen molar-refractivity contribution in [1.29, 1.82) is 0 Å². The molecule has 17 heavy (non-hydrogen) atoms. The number of aromatic carboxylic acids is 1. The second-order valence-corrected chi connectivity index (χ2v) is 4.10. The monoisotopic (exact) mass is 245 g/mol. The predicted octanol–water partition coefficient (Wildman–Crippen LogP) is 2.80. The molecule has 1 unspecified atom stereocenters. The summed E-state index contributed by atoms with van der Waals surface area (Å²) < 4.78 is 0. The van der Waals surface area contributed by atoms with Crippen molar-refractivity contribution < 1.29 is 9.90 Å². The van der Waals surface area contributed by atoms with Crippen molar-refractivity contribution in [3.8, 4) is 0 Å². The van der Waals surface area contributed by atoms with Gasteiger partial charge in [0.15, 0.2) is 0 Å². The first-order valence-corrected chi connectivity index (χ1v) is 5.62. The van der Waals surface area contributed by atoms with Crippen LogP contribution in [-0.2, 0) is 0 Å². The zero-order chi connectivity index (χ0) is 12.3. The summed E-state index contributed by atoms with van der Waals surface area (Å²) in [4.78, 5) is 14.9. The average Bonchev–Trinajstić information content (AvgIpc) is 2.39. The van der Waals surface area contributed by atoms with Crippen molar-refractivity contribution in [3.05, 3.63) is 65.5 Å². The number of nitrogens with zero attached hydrogens (tertiary/aromatic N) is 1. The highest BCUT2D eigenvalue weighted by atomic mass is 32.1. The molecule has 0 saturated carbocycles. The van der Waals surface area contributed by atoms with Gasteiger partial charge in [0.05, 0.1) is 16.5 Å². The van der Waals surface area contributed by atoms with Gasteiger partial charge in [-0.25, -0.2) is 4.79 Å². The summed E-state index contributed by atoms with van der Waals surface area (Å²) in [6.45, 7) is 0. The zero-order valence-electron chi connectivity index (χ0n) is 8.95. The van der Waals surface area contributed by atoms with Gasteiger partial charge in [-0.15, -0.1) is 0 Å². The largest absolute Gasteiger partial charge is 0.478 e. The number of hydrogen-bond acceptors (Lipinski definition) is 3. The molecule has 4 heteroatoms. The number of aromatic nitrogens is 1. The summed E-state index contributed by atoms with van der Waals surface area (Å²) >= 11 is 4.49. The molecule has 1 heterocycles. The molecule has 86 valence electrons. The average molecular weight is 245 g/mol. The fraction of sp³-hybridized carbons (Fsp3) is 0.0769. The van der Waals surface area contributed by atoms with Crippen LogP contribution in [-0.4, -0.2) is 16.1 Å². The lowest BCUT2D eigenvalue weighted by Gasteiger charge is -2.10. The van der Waals surface area contributed by atoms with Crippen molar-refractivity contribution >= 4 is 18.6 Å². The Hall–Kier alpha value is -1.81. The highest BCUT2D eigenvalue weighted by Gasteiger charge is 2.11. The molecule has 0 spiro atoms. The van der Waals surface area contributed by atoms with Gasteiger partial charge in [0.25, 0.3) is 0 Å². The summed E-state index contributed by atoms with van der Waals surface area (Å²) in [5, 5.41) is 8.66. The molecule has 0 saturated heterocycles. The molecule has 0 aliphatic heterocycles. The van der Waals surface area contributed by atoms with E-state index in [0.29, 0.717) is 0 Å². The van der Waals surface area contributed by atoms with Gasteiger partial charge in [0, 0.05) is 6.20 Å². The molecule has 2 rings (SSSR count). The van der Waals surface area contributed by atoms with E-state index in [1.807, 2.05) is 18.2 Å². The molecule has 0 fully saturated rings. The number of thiol groups is 1. The SMILES string of the molecule is O=C(O)c1ccc(C(S)c2ccccn2)cc1. The van der Waals surface area contributed by atoms with E-state index in [2.05, 4.69) is 17.6 Å². The van der Waals surface area contributed by atoms with Crippen LogP contribution in [0.15, 0.2) is 48.7 Å². The number of carbonyl (C=O) groups is 1. The van der Waals surface area contributed by atoms with Crippen LogP contribution in [0.25, 0.3) is 0 Å². The highest BCUT2D eigenvalue weighted by Crippen LogP contribution is 2.26. The van der Waals surface area contributed by atoms with Gasteiger partial charge >= 0.3 is 5.97 Å². The normalized spacial score (nSPS) is 12.1. The lowest BCUT2D eigenvalue weighted by molar-refractivity contribution is 0.0697. The number of pyridine rings is 1. The van der Waals surface area contributed by atoms with Crippen LogP contribution in [0.2, 0.25) is 0 Å². The maximum absolute atomic E-state index is 10.7. The van der Waals surface area contributed by atoms with E-state index < -0.39 is 5.97 Å². The van der Waals surface area contributed by atoms with Crippen molar-refractivity contribution in [3.63, 3.8) is 0 Å². The van der Waals surface area contributed by atoms with E-state index in [1.54, 1.807) is 30.5 Å². The zero-order valence-corrected chi connectivity index (χ0v) is 9.84. The second-order valence-electron chi connectivity index (χ2n) is 3.58. The third-order valence-corrected chi connectivity index (χ3v) is 3.00. The van der Waals surface area contributed by atoms with Crippen LogP contribution < -0.4 is 0 Å². The summed E-state index contributed by atoms with van der Waals surface area (Å²) in [6.07, 6.45) is 1.71. The van der Waals surface area contributed by atoms with Gasteiger partial charge < -0.3 is 5.11 Å². The molecule has 1 aromatic carbocycles. The minimum atomic E-state index is -0.926. The summed E-state index contributed by atoms with van der Waals surface area (Å²) in [6, 6.07) is 12.3. The van der Waals surface area contributed by atoms with Crippen LogP contribution in [0, 0.1) is 0 Å². The first kappa shape index (κ1) is 11.7. The minimum absolute atomic E-state index is 0.140. The smallest absolute Gasteiger partial charge is 0.335 e. The second kappa shape index (κ2) is 5.01. The van der Waals surface area contributed by atoms with Crippen molar-refractivity contribution in [1.82, 2.24) is 4.98 Å². The Morgan fingerprint density at radius 1 is 1.18 bits per heavy atom. The first-order chi connectivity index (χ1) is 8.18. The van der Waals surface area contributed by atoms with Crippen molar-refractivity contribution in [2.24, 2.45) is 0 Å². The molecule has 0 aliphatic carbocycles. The van der Waals surface area contributed by atoms with Gasteiger partial charge in [-0.1, -0.05) is 18.2 Å². The van der Waals surface area contributed by atoms with Crippen LogP contribution in [0.3, 0.4) is 0 Å². The summed E-state index contributed by atoms with van der Waals surface area (Å²) in [5.74, 6) is -0.926. The highest BCUT2D eigenvalue weighted by molar-refractivity contribution is 7.80. The van der Waals surface area contributed by atoms with E-state index >= 15 is 0 Å². The van der Waals surface area contributed by atoms with Gasteiger partial charge in [-0.2, -0.15) is 12.6 Å². The minimum Gasteiger partial charge on any atom is -0.478 e. The number of rotatable bonds is 3. The molecule has 0 amide bonds. The van der Waals surface area contributed by atoms with Gasteiger partial charge in [0.1, 0.15) is 0 Å². The molecule has 1 N–H and O–H groups in total. The van der Waals surface area contributed by atoms with Crippen LogP contribution in [0.1, 0.15) is 26.9 Å². The Morgan fingerprint density at radius 2 is 1.88 bits per heavy atom. The molecular formula is C13H11NO2S. The Labute approximate surface area is 105 Å². The number of carboxylic acids is 1. The number of carboxylic acid groups (broad SMARTS) is 1. The van der Waals surface area contributed by atoms with E-state index in [4.69, 9.17) is 5.11 Å². The summed E-state index contributed by atoms with van der Waals surface area (Å²) in [5.41, 5.74) is 2.05. The lowest BCUT2D eigenvalue weighted by Crippen LogP contribution is -1.99. The van der Waals surface area contributed by atoms with E-state index in [9.17, 15) is 4.79 Å². The van der Waals surface area contributed by atoms with E-state index in [1.165, 1.54) is 0 Å². The lowest BCUT2D eigenvalue weighted by atomic mass is 10.1. The third-order valence-electron chi connectivity index (χ3n) is 2.44. The number of benzene rings is 1. The van der Waals surface area contributed by atoms with Gasteiger partial charge in [-0.3, -0.25) is 4.98 Å². The quantitative estimate of drug-likeness (QED) is 0.817. The maximum atomic E-state index is 10.7. The Balaban J connectivity index is 2.26. The van der Waals surface area contributed by atoms with E-state index in [0.717, 1.165) is 11.3 Å². The topological polar surface area (TPSA) is 50.2 Å². The first-order valence-electron chi connectivity index (χ1n) is 5.11. The molecule has 0 aliphatic rings. The molecule has 0 radical (unpaired) electrons. The molecule has 2 aromatic rings. The van der Waals surface area contributed by atoms with Crippen molar-refractivity contribution in [2.75, 3.05) is 0 Å². The Kier molecular flexibility index (Phi) is 3.44. The van der Waals surface area contributed by atoms with Crippen LogP contribution in [0.5, 0.6) is 0 Å². The van der Waals surface area contributed by atoms with Crippen molar-refractivity contribution in [2.45, 2.75) is 5.25 Å². The molecule has 1 atom stereocenters.